The van der Waals surface area contributed by atoms with Gasteiger partial charge in [0.05, 0.1) is 0 Å². The Balaban J connectivity index is 2.04. The highest BCUT2D eigenvalue weighted by molar-refractivity contribution is 5.99. The van der Waals surface area contributed by atoms with E-state index in [4.69, 9.17) is 4.74 Å². The molecule has 0 radical (unpaired) electrons. The zero-order valence-electron chi connectivity index (χ0n) is 11.7. The van der Waals surface area contributed by atoms with Gasteiger partial charge in [-0.15, -0.1) is 0 Å². The zero-order chi connectivity index (χ0) is 14.3. The third kappa shape index (κ3) is 2.13. The van der Waals surface area contributed by atoms with E-state index in [1.165, 1.54) is 5.56 Å². The van der Waals surface area contributed by atoms with E-state index in [9.17, 15) is 4.79 Å². The second-order valence-electron chi connectivity index (χ2n) is 5.51. The van der Waals surface area contributed by atoms with Crippen molar-refractivity contribution in [2.24, 2.45) is 0 Å². The summed E-state index contributed by atoms with van der Waals surface area (Å²) in [5.41, 5.74) is 2.37. The van der Waals surface area contributed by atoms with Gasteiger partial charge >= 0.3 is 0 Å². The van der Waals surface area contributed by atoms with Crippen LogP contribution in [-0.2, 0) is 4.79 Å². The number of rotatable bonds is 1. The van der Waals surface area contributed by atoms with Crippen molar-refractivity contribution < 1.29 is 9.53 Å². The Morgan fingerprint density at radius 2 is 2.00 bits per heavy atom. The Morgan fingerprint density at radius 3 is 2.75 bits per heavy atom. The first kappa shape index (κ1) is 12.7. The molecule has 4 heteroatoms. The van der Waals surface area contributed by atoms with Crippen LogP contribution >= 0.6 is 0 Å². The number of fused-ring (bicyclic) bond motifs is 1. The number of aryl methyl sites for hydroxylation is 1. The van der Waals surface area contributed by atoms with Crippen LogP contribution in [0.4, 0.5) is 5.82 Å². The fraction of sp³-hybridized carbons (Fsp3) is 0.250. The van der Waals surface area contributed by atoms with Crippen LogP contribution in [0.3, 0.4) is 0 Å². The van der Waals surface area contributed by atoms with E-state index in [2.05, 4.69) is 29.4 Å². The maximum Gasteiger partial charge on any atom is 0.269 e. The molecule has 1 N–H and O–H groups in total. The van der Waals surface area contributed by atoms with Crippen molar-refractivity contribution in [1.82, 2.24) is 4.98 Å². The number of aromatic nitrogens is 1. The number of hydrogen-bond donors (Lipinski definition) is 1. The summed E-state index contributed by atoms with van der Waals surface area (Å²) in [7, 11) is 0. The molecule has 0 saturated heterocycles. The Hall–Kier alpha value is -2.36. The van der Waals surface area contributed by atoms with Gasteiger partial charge in [0.25, 0.3) is 5.91 Å². The molecule has 1 amide bonds. The standard InChI is InChI=1S/C16H16N2O2/c1-10-5-4-6-11(7-10)12-8-13-14(17-9-12)18-15(19)16(2,3)20-13/h4-9H,1-3H3,(H,17,18,19). The molecule has 0 unspecified atom stereocenters. The zero-order valence-corrected chi connectivity index (χ0v) is 11.7. The van der Waals surface area contributed by atoms with Crippen LogP contribution in [0.5, 0.6) is 5.75 Å². The van der Waals surface area contributed by atoms with E-state index in [1.54, 1.807) is 20.0 Å². The molecule has 0 fully saturated rings. The van der Waals surface area contributed by atoms with Crippen LogP contribution < -0.4 is 10.1 Å². The fourth-order valence-electron chi connectivity index (χ4n) is 2.18. The Bertz CT molecular complexity index is 693. The van der Waals surface area contributed by atoms with E-state index in [-0.39, 0.29) is 5.91 Å². The van der Waals surface area contributed by atoms with Gasteiger partial charge in [0, 0.05) is 11.8 Å². The van der Waals surface area contributed by atoms with Gasteiger partial charge in [0.15, 0.2) is 17.2 Å². The first-order valence-electron chi connectivity index (χ1n) is 6.53. The molecule has 0 spiro atoms. The summed E-state index contributed by atoms with van der Waals surface area (Å²) >= 11 is 0. The SMILES string of the molecule is Cc1cccc(-c2cnc3c(c2)OC(C)(C)C(=O)N3)c1. The molecule has 102 valence electrons. The fourth-order valence-corrected chi connectivity index (χ4v) is 2.18. The predicted octanol–water partition coefficient (Wildman–Crippen LogP) is 3.17. The monoisotopic (exact) mass is 268 g/mol. The number of ether oxygens (including phenoxy) is 1. The van der Waals surface area contributed by atoms with E-state index < -0.39 is 5.60 Å². The molecule has 0 atom stereocenters. The lowest BCUT2D eigenvalue weighted by Crippen LogP contribution is -2.45. The number of nitrogens with one attached hydrogen (secondary N) is 1. The van der Waals surface area contributed by atoms with Crippen molar-refractivity contribution in [2.75, 3.05) is 5.32 Å². The smallest absolute Gasteiger partial charge is 0.269 e. The second kappa shape index (κ2) is 4.34. The molecule has 3 rings (SSSR count). The number of amides is 1. The lowest BCUT2D eigenvalue weighted by atomic mass is 10.0. The first-order valence-corrected chi connectivity index (χ1v) is 6.53. The van der Waals surface area contributed by atoms with Gasteiger partial charge in [-0.05, 0) is 32.4 Å². The van der Waals surface area contributed by atoms with Crippen LogP contribution in [-0.4, -0.2) is 16.5 Å². The quantitative estimate of drug-likeness (QED) is 0.864. The van der Waals surface area contributed by atoms with Crippen molar-refractivity contribution in [2.45, 2.75) is 26.4 Å². The van der Waals surface area contributed by atoms with E-state index in [0.717, 1.165) is 11.1 Å². The minimum atomic E-state index is -0.875. The van der Waals surface area contributed by atoms with Gasteiger partial charge in [-0.1, -0.05) is 29.8 Å². The molecule has 4 nitrogen and oxygen atoms in total. The van der Waals surface area contributed by atoms with Crippen LogP contribution in [0.2, 0.25) is 0 Å². The molecular weight excluding hydrogens is 252 g/mol. The molecule has 0 aliphatic carbocycles. The third-order valence-electron chi connectivity index (χ3n) is 3.35. The second-order valence-corrected chi connectivity index (χ2v) is 5.51. The van der Waals surface area contributed by atoms with Crippen molar-refractivity contribution in [3.63, 3.8) is 0 Å². The molecule has 0 saturated carbocycles. The molecule has 1 aromatic carbocycles. The maximum atomic E-state index is 11.8. The van der Waals surface area contributed by atoms with Gasteiger partial charge in [-0.3, -0.25) is 4.79 Å². The normalized spacial score (nSPS) is 16.1. The van der Waals surface area contributed by atoms with Crippen molar-refractivity contribution in [3.05, 3.63) is 42.1 Å². The predicted molar refractivity (Wildman–Crippen MR) is 77.7 cm³/mol. The molecule has 2 heterocycles. The molecule has 2 aromatic rings. The lowest BCUT2D eigenvalue weighted by Gasteiger charge is -2.31. The topological polar surface area (TPSA) is 51.2 Å². The van der Waals surface area contributed by atoms with E-state index in [1.807, 2.05) is 18.2 Å². The van der Waals surface area contributed by atoms with Gasteiger partial charge in [-0.25, -0.2) is 4.98 Å². The highest BCUT2D eigenvalue weighted by Crippen LogP contribution is 2.35. The minimum Gasteiger partial charge on any atom is -0.474 e. The Morgan fingerprint density at radius 1 is 1.20 bits per heavy atom. The van der Waals surface area contributed by atoms with Gasteiger partial charge in [0.2, 0.25) is 0 Å². The number of benzene rings is 1. The number of pyridine rings is 1. The lowest BCUT2D eigenvalue weighted by molar-refractivity contribution is -0.129. The first-order chi connectivity index (χ1) is 9.45. The van der Waals surface area contributed by atoms with Gasteiger partial charge in [-0.2, -0.15) is 0 Å². The summed E-state index contributed by atoms with van der Waals surface area (Å²) in [6, 6.07) is 10.1. The summed E-state index contributed by atoms with van der Waals surface area (Å²) < 4.78 is 5.75. The Kier molecular flexibility index (Phi) is 2.74. The molecule has 1 aliphatic rings. The van der Waals surface area contributed by atoms with Crippen LogP contribution in [0.1, 0.15) is 19.4 Å². The Labute approximate surface area is 117 Å². The summed E-state index contributed by atoms with van der Waals surface area (Å²) in [6.07, 6.45) is 1.75. The van der Waals surface area contributed by atoms with Crippen LogP contribution in [0, 0.1) is 6.92 Å². The van der Waals surface area contributed by atoms with E-state index in [0.29, 0.717) is 11.6 Å². The number of nitrogens with zero attached hydrogens (tertiary/aromatic N) is 1. The summed E-state index contributed by atoms with van der Waals surface area (Å²) in [6.45, 7) is 5.53. The number of hydrogen-bond acceptors (Lipinski definition) is 3. The molecule has 20 heavy (non-hydrogen) atoms. The average Bonchev–Trinajstić information content (AvgIpc) is 2.39. The van der Waals surface area contributed by atoms with Crippen LogP contribution in [0.25, 0.3) is 11.1 Å². The molecule has 0 bridgehead atoms. The highest BCUT2D eigenvalue weighted by Gasteiger charge is 2.36. The van der Waals surface area contributed by atoms with Crippen LogP contribution in [0.15, 0.2) is 36.5 Å². The maximum absolute atomic E-state index is 11.8. The largest absolute Gasteiger partial charge is 0.474 e. The highest BCUT2D eigenvalue weighted by atomic mass is 16.5. The minimum absolute atomic E-state index is 0.180. The van der Waals surface area contributed by atoms with E-state index >= 15 is 0 Å². The third-order valence-corrected chi connectivity index (χ3v) is 3.35. The summed E-state index contributed by atoms with van der Waals surface area (Å²) in [4.78, 5) is 16.1. The van der Waals surface area contributed by atoms with Crippen molar-refractivity contribution >= 4 is 11.7 Å². The summed E-state index contributed by atoms with van der Waals surface area (Å²) in [5, 5.41) is 2.77. The molecular formula is C16H16N2O2. The molecule has 1 aromatic heterocycles. The van der Waals surface area contributed by atoms with Gasteiger partial charge < -0.3 is 10.1 Å². The van der Waals surface area contributed by atoms with Crippen molar-refractivity contribution in [1.29, 1.82) is 0 Å². The summed E-state index contributed by atoms with van der Waals surface area (Å²) in [5.74, 6) is 0.903. The van der Waals surface area contributed by atoms with Crippen molar-refractivity contribution in [3.8, 4) is 16.9 Å². The molecule has 1 aliphatic heterocycles. The number of carbonyl (C=O) groups excluding carboxylic acids is 1. The average molecular weight is 268 g/mol. The number of anilines is 1. The van der Waals surface area contributed by atoms with Gasteiger partial charge in [0.1, 0.15) is 0 Å². The number of carbonyl (C=O) groups is 1.